The van der Waals surface area contributed by atoms with Crippen molar-refractivity contribution in [1.29, 1.82) is 0 Å². The average molecular weight is 432 g/mol. The van der Waals surface area contributed by atoms with E-state index in [4.69, 9.17) is 11.6 Å². The third kappa shape index (κ3) is 4.80. The fourth-order valence-electron chi connectivity index (χ4n) is 2.01. The molecule has 5 nitrogen and oxygen atoms in total. The predicted octanol–water partition coefficient (Wildman–Crippen LogP) is 3.04. The molecule has 0 spiro atoms. The van der Waals surface area contributed by atoms with E-state index in [0.717, 1.165) is 14.3 Å². The smallest absolute Gasteiger partial charge is 0.243 e. The molecule has 0 aliphatic carbocycles. The first-order chi connectivity index (χ1) is 11.3. The van der Waals surface area contributed by atoms with Gasteiger partial charge in [-0.1, -0.05) is 39.7 Å². The molecule has 0 fully saturated rings. The molecule has 128 valence electrons. The topological polar surface area (TPSA) is 66.5 Å². The van der Waals surface area contributed by atoms with Gasteiger partial charge < -0.3 is 5.32 Å². The van der Waals surface area contributed by atoms with Crippen LogP contribution in [0, 0.1) is 0 Å². The zero-order valence-electron chi connectivity index (χ0n) is 12.9. The second kappa shape index (κ2) is 8.11. The van der Waals surface area contributed by atoms with Gasteiger partial charge in [0, 0.05) is 23.1 Å². The Balaban J connectivity index is 2.35. The molecular weight excluding hydrogens is 416 g/mol. The van der Waals surface area contributed by atoms with Crippen molar-refractivity contribution >= 4 is 43.5 Å². The lowest BCUT2D eigenvalue weighted by Crippen LogP contribution is -2.39. The highest BCUT2D eigenvalue weighted by atomic mass is 79.9. The highest BCUT2D eigenvalue weighted by Crippen LogP contribution is 2.21. The average Bonchev–Trinajstić information content (AvgIpc) is 2.56. The minimum Gasteiger partial charge on any atom is -0.358 e. The summed E-state index contributed by atoms with van der Waals surface area (Å²) in [5, 5.41) is 2.89. The predicted molar refractivity (Wildman–Crippen MR) is 97.3 cm³/mol. The van der Waals surface area contributed by atoms with E-state index in [2.05, 4.69) is 21.2 Å². The first-order valence-electron chi connectivity index (χ1n) is 7.03. The van der Waals surface area contributed by atoms with E-state index in [1.807, 2.05) is 12.1 Å². The number of benzene rings is 2. The van der Waals surface area contributed by atoms with Crippen LogP contribution in [0.5, 0.6) is 0 Å². The summed E-state index contributed by atoms with van der Waals surface area (Å²) in [4.78, 5) is 11.8. The molecule has 0 atom stereocenters. The van der Waals surface area contributed by atoms with Crippen molar-refractivity contribution in [1.82, 2.24) is 9.62 Å². The Labute approximate surface area is 154 Å². The number of amides is 1. The molecule has 2 rings (SSSR count). The van der Waals surface area contributed by atoms with E-state index in [9.17, 15) is 13.2 Å². The third-order valence-corrected chi connectivity index (χ3v) is 5.91. The molecule has 8 heteroatoms. The van der Waals surface area contributed by atoms with Gasteiger partial charge in [0.1, 0.15) is 0 Å². The number of halogens is 2. The Morgan fingerprint density at radius 3 is 2.25 bits per heavy atom. The van der Waals surface area contributed by atoms with Crippen molar-refractivity contribution in [3.05, 3.63) is 63.6 Å². The van der Waals surface area contributed by atoms with Gasteiger partial charge in [-0.15, -0.1) is 0 Å². The molecule has 1 amide bonds. The van der Waals surface area contributed by atoms with Crippen molar-refractivity contribution in [2.75, 3.05) is 13.6 Å². The second-order valence-corrected chi connectivity index (χ2v) is 8.32. The van der Waals surface area contributed by atoms with Crippen molar-refractivity contribution in [2.45, 2.75) is 11.4 Å². The fourth-order valence-corrected chi connectivity index (χ4v) is 3.79. The molecule has 0 heterocycles. The van der Waals surface area contributed by atoms with Crippen LogP contribution >= 0.6 is 27.5 Å². The Bertz CT molecular complexity index is 808. The summed E-state index contributed by atoms with van der Waals surface area (Å²) in [7, 11) is -2.36. The van der Waals surface area contributed by atoms with Crippen LogP contribution < -0.4 is 5.32 Å². The van der Waals surface area contributed by atoms with Gasteiger partial charge in [-0.2, -0.15) is 4.31 Å². The molecule has 0 saturated heterocycles. The van der Waals surface area contributed by atoms with Crippen LogP contribution in [0.25, 0.3) is 0 Å². The van der Waals surface area contributed by atoms with Gasteiger partial charge in [0.15, 0.2) is 0 Å². The molecule has 24 heavy (non-hydrogen) atoms. The van der Waals surface area contributed by atoms with Gasteiger partial charge in [0.05, 0.1) is 11.4 Å². The molecule has 0 aromatic heterocycles. The molecular formula is C16H16BrClN2O3S. The number of nitrogens with one attached hydrogen (secondary N) is 1. The van der Waals surface area contributed by atoms with Gasteiger partial charge in [0.25, 0.3) is 0 Å². The molecule has 0 radical (unpaired) electrons. The molecule has 0 unspecified atom stereocenters. The maximum Gasteiger partial charge on any atom is 0.243 e. The van der Waals surface area contributed by atoms with E-state index in [0.29, 0.717) is 5.02 Å². The van der Waals surface area contributed by atoms with Gasteiger partial charge in [-0.25, -0.2) is 8.42 Å². The first kappa shape index (κ1) is 18.9. The standard InChI is InChI=1S/C16H16BrClN2O3S/c1-19-16(21)11-20(10-12-2-4-13(17)5-3-12)24(22,23)15-8-6-14(18)7-9-15/h2-9H,10-11H2,1H3,(H,19,21). The molecule has 2 aromatic rings. The van der Waals surface area contributed by atoms with E-state index in [1.165, 1.54) is 31.3 Å². The molecule has 0 aliphatic rings. The van der Waals surface area contributed by atoms with Crippen LogP contribution in [-0.2, 0) is 21.4 Å². The summed E-state index contributed by atoms with van der Waals surface area (Å²) < 4.78 is 27.8. The van der Waals surface area contributed by atoms with Crippen molar-refractivity contribution in [3.8, 4) is 0 Å². The van der Waals surface area contributed by atoms with Crippen LogP contribution in [-0.4, -0.2) is 32.2 Å². The highest BCUT2D eigenvalue weighted by molar-refractivity contribution is 9.10. The summed E-state index contributed by atoms with van der Waals surface area (Å²) >= 11 is 9.15. The monoisotopic (exact) mass is 430 g/mol. The number of rotatable bonds is 6. The molecule has 0 aliphatic heterocycles. The molecule has 0 saturated carbocycles. The van der Waals surface area contributed by atoms with E-state index in [1.54, 1.807) is 12.1 Å². The zero-order valence-corrected chi connectivity index (χ0v) is 16.0. The van der Waals surface area contributed by atoms with Gasteiger partial charge in [-0.05, 0) is 42.0 Å². The Kier molecular flexibility index (Phi) is 6.40. The van der Waals surface area contributed by atoms with Crippen molar-refractivity contribution in [3.63, 3.8) is 0 Å². The summed E-state index contributed by atoms with van der Waals surface area (Å²) in [6, 6.07) is 13.1. The van der Waals surface area contributed by atoms with Crippen LogP contribution in [0.4, 0.5) is 0 Å². The fraction of sp³-hybridized carbons (Fsp3) is 0.188. The lowest BCUT2D eigenvalue weighted by atomic mass is 10.2. The molecule has 0 bridgehead atoms. The second-order valence-electron chi connectivity index (χ2n) is 5.03. The summed E-state index contributed by atoms with van der Waals surface area (Å²) in [6.45, 7) is -0.177. The summed E-state index contributed by atoms with van der Waals surface area (Å²) in [5.74, 6) is -0.385. The molecule has 2 aromatic carbocycles. The maximum absolute atomic E-state index is 12.9. The number of likely N-dealkylation sites (N-methyl/N-ethyl adjacent to an activating group) is 1. The van der Waals surface area contributed by atoms with Gasteiger partial charge in [0.2, 0.25) is 15.9 Å². The number of carbonyl (C=O) groups excluding carboxylic acids is 1. The quantitative estimate of drug-likeness (QED) is 0.764. The number of carbonyl (C=O) groups is 1. The zero-order chi connectivity index (χ0) is 17.7. The highest BCUT2D eigenvalue weighted by Gasteiger charge is 2.26. The van der Waals surface area contributed by atoms with Gasteiger partial charge in [-0.3, -0.25) is 4.79 Å². The number of hydrogen-bond donors (Lipinski definition) is 1. The number of hydrogen-bond acceptors (Lipinski definition) is 3. The summed E-state index contributed by atoms with van der Waals surface area (Å²) in [6.07, 6.45) is 0. The van der Waals surface area contributed by atoms with Crippen molar-refractivity contribution < 1.29 is 13.2 Å². The number of nitrogens with zero attached hydrogens (tertiary/aromatic N) is 1. The largest absolute Gasteiger partial charge is 0.358 e. The minimum atomic E-state index is -3.83. The Hall–Kier alpha value is -1.41. The Morgan fingerprint density at radius 1 is 1.12 bits per heavy atom. The Morgan fingerprint density at radius 2 is 1.71 bits per heavy atom. The third-order valence-electron chi connectivity index (χ3n) is 3.32. The minimum absolute atomic E-state index is 0.0889. The first-order valence-corrected chi connectivity index (χ1v) is 9.65. The lowest BCUT2D eigenvalue weighted by Gasteiger charge is -2.21. The van der Waals surface area contributed by atoms with Crippen LogP contribution in [0.2, 0.25) is 5.02 Å². The van der Waals surface area contributed by atoms with E-state index in [-0.39, 0.29) is 23.9 Å². The van der Waals surface area contributed by atoms with E-state index < -0.39 is 10.0 Å². The SMILES string of the molecule is CNC(=O)CN(Cc1ccc(Br)cc1)S(=O)(=O)c1ccc(Cl)cc1. The van der Waals surface area contributed by atoms with Crippen molar-refractivity contribution in [2.24, 2.45) is 0 Å². The van der Waals surface area contributed by atoms with E-state index >= 15 is 0 Å². The van der Waals surface area contributed by atoms with Gasteiger partial charge >= 0.3 is 0 Å². The van der Waals surface area contributed by atoms with Crippen LogP contribution in [0.15, 0.2) is 57.9 Å². The maximum atomic E-state index is 12.9. The van der Waals surface area contributed by atoms with Crippen LogP contribution in [0.3, 0.4) is 0 Å². The van der Waals surface area contributed by atoms with Crippen LogP contribution in [0.1, 0.15) is 5.56 Å². The lowest BCUT2D eigenvalue weighted by molar-refractivity contribution is -0.120. The summed E-state index contributed by atoms with van der Waals surface area (Å²) in [5.41, 5.74) is 0.777. The molecule has 1 N–H and O–H groups in total. The normalized spacial score (nSPS) is 11.5. The number of sulfonamides is 1.